The van der Waals surface area contributed by atoms with Gasteiger partial charge >= 0.3 is 6.03 Å². The number of carbonyl (C=O) groups excluding carboxylic acids is 1. The Balaban J connectivity index is 2.76. The molecular weight excluding hydrogens is 237 g/mol. The van der Waals surface area contributed by atoms with E-state index in [2.05, 4.69) is 5.10 Å². The van der Waals surface area contributed by atoms with Gasteiger partial charge in [0.1, 0.15) is 11.6 Å². The fraction of sp³-hybridized carbons (Fsp3) is 0.333. The van der Waals surface area contributed by atoms with Gasteiger partial charge in [-0.3, -0.25) is 0 Å². The predicted molar refractivity (Wildman–Crippen MR) is 67.1 cm³/mol. The molecule has 1 aromatic carbocycles. The van der Waals surface area contributed by atoms with Gasteiger partial charge in [0, 0.05) is 5.56 Å². The minimum atomic E-state index is -0.781. The molecule has 0 saturated carbocycles. The van der Waals surface area contributed by atoms with E-state index < -0.39 is 11.8 Å². The Hall–Kier alpha value is -2.11. The average Bonchev–Trinajstić information content (AvgIpc) is 2.31. The summed E-state index contributed by atoms with van der Waals surface area (Å²) in [7, 11) is 0. The normalized spacial score (nSPS) is 10.6. The zero-order chi connectivity index (χ0) is 13.4. The fourth-order valence-corrected chi connectivity index (χ4v) is 1.24. The number of amides is 2. The molecule has 18 heavy (non-hydrogen) atoms. The molecule has 1 aromatic rings. The van der Waals surface area contributed by atoms with Crippen molar-refractivity contribution < 1.29 is 13.9 Å². The SMILES string of the molecule is CCCCOc1ccc(F)cc1C=NNC(N)=O. The maximum absolute atomic E-state index is 13.1. The first-order chi connectivity index (χ1) is 8.63. The summed E-state index contributed by atoms with van der Waals surface area (Å²) < 4.78 is 18.6. The lowest BCUT2D eigenvalue weighted by molar-refractivity contribution is 0.249. The number of benzene rings is 1. The van der Waals surface area contributed by atoms with E-state index in [1.165, 1.54) is 24.4 Å². The number of halogens is 1. The van der Waals surface area contributed by atoms with Crippen LogP contribution in [0, 0.1) is 5.82 Å². The highest BCUT2D eigenvalue weighted by molar-refractivity contribution is 5.84. The van der Waals surface area contributed by atoms with Crippen LogP contribution in [0.3, 0.4) is 0 Å². The maximum atomic E-state index is 13.1. The fourth-order valence-electron chi connectivity index (χ4n) is 1.24. The van der Waals surface area contributed by atoms with Gasteiger partial charge in [-0.05, 0) is 24.6 Å². The first-order valence-corrected chi connectivity index (χ1v) is 5.64. The molecule has 0 heterocycles. The summed E-state index contributed by atoms with van der Waals surface area (Å²) in [5, 5.41) is 3.57. The van der Waals surface area contributed by atoms with Gasteiger partial charge in [0.15, 0.2) is 0 Å². The van der Waals surface area contributed by atoms with Gasteiger partial charge in [0.2, 0.25) is 0 Å². The largest absolute Gasteiger partial charge is 0.493 e. The smallest absolute Gasteiger partial charge is 0.332 e. The number of hydrogen-bond acceptors (Lipinski definition) is 3. The topological polar surface area (TPSA) is 76.7 Å². The quantitative estimate of drug-likeness (QED) is 0.462. The van der Waals surface area contributed by atoms with Crippen molar-refractivity contribution in [2.24, 2.45) is 10.8 Å². The summed E-state index contributed by atoms with van der Waals surface area (Å²) in [4.78, 5) is 10.4. The summed E-state index contributed by atoms with van der Waals surface area (Å²) in [6.07, 6.45) is 3.20. The molecule has 0 atom stereocenters. The van der Waals surface area contributed by atoms with Crippen LogP contribution in [0.25, 0.3) is 0 Å². The van der Waals surface area contributed by atoms with Gasteiger partial charge in [-0.15, -0.1) is 0 Å². The molecule has 0 aliphatic heterocycles. The van der Waals surface area contributed by atoms with Crippen molar-refractivity contribution in [3.8, 4) is 5.75 Å². The van der Waals surface area contributed by atoms with E-state index in [9.17, 15) is 9.18 Å². The third-order valence-electron chi connectivity index (χ3n) is 2.11. The first kappa shape index (κ1) is 14.0. The molecule has 0 radical (unpaired) electrons. The van der Waals surface area contributed by atoms with E-state index in [1.807, 2.05) is 12.3 Å². The highest BCUT2D eigenvalue weighted by Crippen LogP contribution is 2.18. The van der Waals surface area contributed by atoms with Crippen LogP contribution in [0.1, 0.15) is 25.3 Å². The number of hydrogen-bond donors (Lipinski definition) is 2. The van der Waals surface area contributed by atoms with Crippen molar-refractivity contribution in [3.63, 3.8) is 0 Å². The molecule has 0 unspecified atom stereocenters. The van der Waals surface area contributed by atoms with Crippen molar-refractivity contribution in [1.29, 1.82) is 0 Å². The van der Waals surface area contributed by atoms with Crippen molar-refractivity contribution in [2.45, 2.75) is 19.8 Å². The number of hydrazone groups is 1. The standard InChI is InChI=1S/C12H16FN3O2/c1-2-3-6-18-11-5-4-10(13)7-9(11)8-15-16-12(14)17/h4-5,7-8H,2-3,6H2,1H3,(H3,14,16,17). The summed E-state index contributed by atoms with van der Waals surface area (Å²) in [6, 6.07) is 3.32. The summed E-state index contributed by atoms with van der Waals surface area (Å²) in [5.74, 6) is 0.109. The molecule has 0 spiro atoms. The molecule has 6 heteroatoms. The number of unbranched alkanes of at least 4 members (excludes halogenated alkanes) is 1. The van der Waals surface area contributed by atoms with E-state index in [-0.39, 0.29) is 0 Å². The van der Waals surface area contributed by atoms with E-state index in [0.717, 1.165) is 12.8 Å². The molecule has 98 valence electrons. The summed E-state index contributed by atoms with van der Waals surface area (Å²) in [5.41, 5.74) is 7.34. The highest BCUT2D eigenvalue weighted by Gasteiger charge is 2.03. The molecule has 0 aliphatic carbocycles. The van der Waals surface area contributed by atoms with Crippen molar-refractivity contribution in [1.82, 2.24) is 5.43 Å². The number of nitrogens with zero attached hydrogens (tertiary/aromatic N) is 1. The molecular formula is C12H16FN3O2. The Morgan fingerprint density at radius 1 is 1.61 bits per heavy atom. The monoisotopic (exact) mass is 253 g/mol. The highest BCUT2D eigenvalue weighted by atomic mass is 19.1. The zero-order valence-electron chi connectivity index (χ0n) is 10.1. The number of nitrogens with two attached hydrogens (primary N) is 1. The molecule has 0 aromatic heterocycles. The van der Waals surface area contributed by atoms with E-state index in [4.69, 9.17) is 10.5 Å². The van der Waals surface area contributed by atoms with Crippen molar-refractivity contribution in [2.75, 3.05) is 6.61 Å². The van der Waals surface area contributed by atoms with Crippen LogP contribution in [0.15, 0.2) is 23.3 Å². The van der Waals surface area contributed by atoms with Gasteiger partial charge in [-0.2, -0.15) is 5.10 Å². The van der Waals surface area contributed by atoms with Crippen LogP contribution >= 0.6 is 0 Å². The van der Waals surface area contributed by atoms with Gasteiger partial charge in [-0.1, -0.05) is 13.3 Å². The first-order valence-electron chi connectivity index (χ1n) is 5.64. The Bertz CT molecular complexity index is 435. The van der Waals surface area contributed by atoms with E-state index >= 15 is 0 Å². The van der Waals surface area contributed by atoms with Crippen LogP contribution in [0.5, 0.6) is 5.75 Å². The molecule has 0 bridgehead atoms. The van der Waals surface area contributed by atoms with E-state index in [1.54, 1.807) is 0 Å². The number of rotatable bonds is 6. The summed E-state index contributed by atoms with van der Waals surface area (Å²) in [6.45, 7) is 2.60. The van der Waals surface area contributed by atoms with Gasteiger partial charge in [0.25, 0.3) is 0 Å². The van der Waals surface area contributed by atoms with Crippen LogP contribution in [-0.4, -0.2) is 18.9 Å². The van der Waals surface area contributed by atoms with Crippen molar-refractivity contribution in [3.05, 3.63) is 29.6 Å². The Morgan fingerprint density at radius 3 is 3.06 bits per heavy atom. The molecule has 3 N–H and O–H groups in total. The van der Waals surface area contributed by atoms with Gasteiger partial charge < -0.3 is 10.5 Å². The number of carbonyl (C=O) groups is 1. The lowest BCUT2D eigenvalue weighted by Gasteiger charge is -2.08. The lowest BCUT2D eigenvalue weighted by Crippen LogP contribution is -2.24. The van der Waals surface area contributed by atoms with Gasteiger partial charge in [0.05, 0.1) is 12.8 Å². The third kappa shape index (κ3) is 4.82. The van der Waals surface area contributed by atoms with Crippen LogP contribution in [0.4, 0.5) is 9.18 Å². The molecule has 1 rings (SSSR count). The average molecular weight is 253 g/mol. The molecule has 0 fully saturated rings. The lowest BCUT2D eigenvalue weighted by atomic mass is 10.2. The second kappa shape index (κ2) is 7.26. The number of primary amides is 1. The Labute approximate surface area is 105 Å². The minimum absolute atomic E-state index is 0.404. The number of urea groups is 1. The Kier molecular flexibility index (Phi) is 5.63. The second-order valence-corrected chi connectivity index (χ2v) is 3.62. The molecule has 0 aliphatic rings. The molecule has 0 saturated heterocycles. The van der Waals surface area contributed by atoms with Crippen LogP contribution in [-0.2, 0) is 0 Å². The number of ether oxygens (including phenoxy) is 1. The second-order valence-electron chi connectivity index (χ2n) is 3.62. The Morgan fingerprint density at radius 2 is 2.39 bits per heavy atom. The van der Waals surface area contributed by atoms with Gasteiger partial charge in [-0.25, -0.2) is 14.6 Å². The maximum Gasteiger partial charge on any atom is 0.332 e. The van der Waals surface area contributed by atoms with Crippen LogP contribution in [0.2, 0.25) is 0 Å². The number of nitrogens with one attached hydrogen (secondary N) is 1. The van der Waals surface area contributed by atoms with Crippen LogP contribution < -0.4 is 15.9 Å². The van der Waals surface area contributed by atoms with E-state index in [0.29, 0.717) is 17.9 Å². The predicted octanol–water partition coefficient (Wildman–Crippen LogP) is 2.01. The summed E-state index contributed by atoms with van der Waals surface area (Å²) >= 11 is 0. The molecule has 5 nitrogen and oxygen atoms in total. The van der Waals surface area contributed by atoms with Crippen molar-refractivity contribution >= 4 is 12.2 Å². The minimum Gasteiger partial charge on any atom is -0.493 e. The zero-order valence-corrected chi connectivity index (χ0v) is 10.1. The third-order valence-corrected chi connectivity index (χ3v) is 2.11. The molecule has 2 amide bonds.